The van der Waals surface area contributed by atoms with Crippen molar-refractivity contribution in [1.82, 2.24) is 0 Å². The van der Waals surface area contributed by atoms with Crippen LogP contribution in [0.2, 0.25) is 0 Å². The second-order valence-electron chi connectivity index (χ2n) is 12.4. The third-order valence-corrected chi connectivity index (χ3v) is 10.5. The molecular formula is C27H41NaO6S. The molecule has 0 spiro atoms. The van der Waals surface area contributed by atoms with Crippen LogP contribution in [0.25, 0.3) is 0 Å². The maximum atomic E-state index is 12.5. The minimum atomic E-state index is -4.75. The minimum absolute atomic E-state index is 0. The molecule has 35 heavy (non-hydrogen) atoms. The van der Waals surface area contributed by atoms with Gasteiger partial charge in [0.15, 0.2) is 5.78 Å². The molecule has 4 rings (SSSR count). The fraction of sp³-hybridized carbons (Fsp3) is 0.815. The van der Waals surface area contributed by atoms with E-state index in [2.05, 4.69) is 26.8 Å². The van der Waals surface area contributed by atoms with Crippen LogP contribution in [0.3, 0.4) is 0 Å². The van der Waals surface area contributed by atoms with Crippen LogP contribution in [0, 0.1) is 40.4 Å². The summed E-state index contributed by atoms with van der Waals surface area (Å²) in [5.74, 6) is 1.74. The summed E-state index contributed by atoms with van der Waals surface area (Å²) in [6, 6.07) is 0. The molecule has 0 amide bonds. The summed E-state index contributed by atoms with van der Waals surface area (Å²) in [6.07, 6.45) is 9.15. The Hall–Kier alpha value is -0.0200. The van der Waals surface area contributed by atoms with E-state index in [4.69, 9.17) is 4.18 Å². The Labute approximate surface area is 233 Å². The fourth-order valence-corrected chi connectivity index (χ4v) is 9.11. The number of aliphatic hydroxyl groups is 1. The molecule has 0 heterocycles. The number of allylic oxidation sites excluding steroid dienone is 4. The Morgan fingerprint density at radius 2 is 1.91 bits per heavy atom. The molecule has 0 aromatic rings. The van der Waals surface area contributed by atoms with E-state index in [0.29, 0.717) is 49.4 Å². The summed E-state index contributed by atoms with van der Waals surface area (Å²) in [7, 11) is -4.75. The van der Waals surface area contributed by atoms with Crippen molar-refractivity contribution in [3.05, 3.63) is 23.3 Å². The maximum Gasteiger partial charge on any atom is 1.00 e. The van der Waals surface area contributed by atoms with Gasteiger partial charge in [-0.15, -0.1) is 0 Å². The van der Waals surface area contributed by atoms with Crippen molar-refractivity contribution in [2.45, 2.75) is 98.2 Å². The van der Waals surface area contributed by atoms with E-state index in [9.17, 15) is 22.9 Å². The van der Waals surface area contributed by atoms with Crippen LogP contribution in [-0.2, 0) is 19.4 Å². The third-order valence-electron chi connectivity index (χ3n) is 9.98. The number of aliphatic hydroxyl groups excluding tert-OH is 1. The van der Waals surface area contributed by atoms with Gasteiger partial charge in [0.2, 0.25) is 10.4 Å². The summed E-state index contributed by atoms with van der Waals surface area (Å²) in [5.41, 5.74) is 2.41. The van der Waals surface area contributed by atoms with Crippen LogP contribution in [-0.4, -0.2) is 36.1 Å². The molecular weight excluding hydrogens is 475 g/mol. The van der Waals surface area contributed by atoms with Crippen LogP contribution in [0.15, 0.2) is 23.3 Å². The van der Waals surface area contributed by atoms with Crippen molar-refractivity contribution >= 4 is 16.2 Å². The zero-order valence-electron chi connectivity index (χ0n) is 22.2. The molecule has 1 N–H and O–H groups in total. The molecule has 0 aliphatic heterocycles. The summed E-state index contributed by atoms with van der Waals surface area (Å²) in [5, 5.41) is 11.2. The molecule has 3 fully saturated rings. The number of hydrogen-bond acceptors (Lipinski definition) is 6. The van der Waals surface area contributed by atoms with E-state index in [1.54, 1.807) is 6.08 Å². The van der Waals surface area contributed by atoms with Gasteiger partial charge in [0.25, 0.3) is 0 Å². The molecule has 4 aliphatic rings. The first-order chi connectivity index (χ1) is 15.7. The molecule has 0 unspecified atom stereocenters. The SMILES string of the molecule is CC(C)=CC(=O)C[C@@H](C)[C@H]1CC[C@H]2[C@@H]3C[C@H](O)[C@H]4C[C@@H](OS(=O)(=O)[O-])CC[C@]4(C)C3=CC[C@]12C.[Na+]. The quantitative estimate of drug-likeness (QED) is 0.190. The first kappa shape index (κ1) is 29.5. The van der Waals surface area contributed by atoms with E-state index >= 15 is 0 Å². The molecule has 192 valence electrons. The first-order valence-electron chi connectivity index (χ1n) is 12.9. The molecule has 8 heteroatoms. The van der Waals surface area contributed by atoms with Crippen LogP contribution in [0.5, 0.6) is 0 Å². The van der Waals surface area contributed by atoms with Crippen LogP contribution in [0.1, 0.15) is 86.0 Å². The molecule has 0 saturated heterocycles. The predicted octanol–water partition coefficient (Wildman–Crippen LogP) is 1.95. The Balaban J connectivity index is 0.00000342. The largest absolute Gasteiger partial charge is 1.00 e. The number of rotatable bonds is 6. The first-order valence-corrected chi connectivity index (χ1v) is 14.3. The summed E-state index contributed by atoms with van der Waals surface area (Å²) in [6.45, 7) is 10.8. The van der Waals surface area contributed by atoms with Gasteiger partial charge < -0.3 is 9.66 Å². The van der Waals surface area contributed by atoms with E-state index in [1.165, 1.54) is 5.57 Å². The summed E-state index contributed by atoms with van der Waals surface area (Å²) in [4.78, 5) is 12.5. The molecule has 0 aromatic heterocycles. The van der Waals surface area contributed by atoms with Gasteiger partial charge in [-0.3, -0.25) is 8.98 Å². The van der Waals surface area contributed by atoms with Crippen molar-refractivity contribution in [2.75, 3.05) is 0 Å². The second kappa shape index (κ2) is 10.6. The topological polar surface area (TPSA) is 104 Å². The van der Waals surface area contributed by atoms with E-state index in [0.717, 1.165) is 31.3 Å². The number of carbonyl (C=O) groups is 1. The Kier molecular flexibility index (Phi) is 8.97. The van der Waals surface area contributed by atoms with Gasteiger partial charge in [0.05, 0.1) is 12.2 Å². The van der Waals surface area contributed by atoms with Gasteiger partial charge in [-0.1, -0.05) is 38.0 Å². The zero-order chi connectivity index (χ0) is 25.1. The van der Waals surface area contributed by atoms with Gasteiger partial charge in [0.1, 0.15) is 0 Å². The monoisotopic (exact) mass is 516 g/mol. The fourth-order valence-electron chi connectivity index (χ4n) is 8.60. The number of ketones is 1. The standard InChI is InChI=1S/C27H42O6S.Na/c1-16(2)12-18(28)13-17(3)21-6-7-22-20-15-25(29)24-14-19(33-34(30,31)32)8-10-27(24,5)23(20)9-11-26(21,22)4;/h9,12,17,19-22,24-25,29H,6-8,10-11,13-15H2,1-5H3,(H,30,31,32);/q;+1/p-1/t17-,19+,20+,21-,22+,24-,25+,26-,27-;/m1./s1. The molecule has 3 saturated carbocycles. The third kappa shape index (κ3) is 5.71. The predicted molar refractivity (Wildman–Crippen MR) is 129 cm³/mol. The number of carbonyl (C=O) groups excluding carboxylic acids is 1. The van der Waals surface area contributed by atoms with E-state index < -0.39 is 22.6 Å². The molecule has 4 aliphatic carbocycles. The number of fused-ring (bicyclic) bond motifs is 5. The average Bonchev–Trinajstić information content (AvgIpc) is 3.05. The Morgan fingerprint density at radius 1 is 1.23 bits per heavy atom. The van der Waals surface area contributed by atoms with Crippen LogP contribution < -0.4 is 29.6 Å². The van der Waals surface area contributed by atoms with Gasteiger partial charge >= 0.3 is 29.6 Å². The molecule has 0 bridgehead atoms. The number of hydrogen-bond donors (Lipinski definition) is 1. The molecule has 0 radical (unpaired) electrons. The zero-order valence-corrected chi connectivity index (χ0v) is 25.1. The van der Waals surface area contributed by atoms with E-state index in [1.807, 2.05) is 13.8 Å². The second-order valence-corrected chi connectivity index (χ2v) is 13.4. The van der Waals surface area contributed by atoms with Crippen LogP contribution >= 0.6 is 0 Å². The van der Waals surface area contributed by atoms with Gasteiger partial charge in [-0.05, 0) is 105 Å². The van der Waals surface area contributed by atoms with Crippen molar-refractivity contribution in [1.29, 1.82) is 0 Å². The average molecular weight is 517 g/mol. The normalized spacial score (nSPS) is 41.4. The van der Waals surface area contributed by atoms with Gasteiger partial charge in [-0.2, -0.15) is 0 Å². The summed E-state index contributed by atoms with van der Waals surface area (Å²) >= 11 is 0. The molecule has 0 aromatic carbocycles. The maximum absolute atomic E-state index is 12.5. The summed E-state index contributed by atoms with van der Waals surface area (Å²) < 4.78 is 38.2. The smallest absolute Gasteiger partial charge is 0.726 e. The van der Waals surface area contributed by atoms with Crippen molar-refractivity contribution < 1.29 is 56.6 Å². The Bertz CT molecular complexity index is 986. The van der Waals surface area contributed by atoms with Crippen molar-refractivity contribution in [3.8, 4) is 0 Å². The minimum Gasteiger partial charge on any atom is -0.726 e. The molecule has 6 nitrogen and oxygen atoms in total. The van der Waals surface area contributed by atoms with E-state index in [-0.39, 0.29) is 52.1 Å². The van der Waals surface area contributed by atoms with Crippen molar-refractivity contribution in [2.24, 2.45) is 40.4 Å². The van der Waals surface area contributed by atoms with Crippen molar-refractivity contribution in [3.63, 3.8) is 0 Å². The van der Waals surface area contributed by atoms with Gasteiger partial charge in [0, 0.05) is 6.42 Å². The van der Waals surface area contributed by atoms with Crippen LogP contribution in [0.4, 0.5) is 0 Å². The van der Waals surface area contributed by atoms with Gasteiger partial charge in [-0.25, -0.2) is 8.42 Å². The Morgan fingerprint density at radius 3 is 2.54 bits per heavy atom. The molecule has 9 atom stereocenters.